The molecule has 0 aliphatic heterocycles. The van der Waals surface area contributed by atoms with Crippen LogP contribution in [0.2, 0.25) is 0 Å². The van der Waals surface area contributed by atoms with E-state index in [1.54, 1.807) is 0 Å². The zero-order valence-electron chi connectivity index (χ0n) is 8.41. The van der Waals surface area contributed by atoms with E-state index in [2.05, 4.69) is 64.9 Å². The van der Waals surface area contributed by atoms with Crippen molar-refractivity contribution in [2.75, 3.05) is 24.6 Å². The molecule has 0 saturated carbocycles. The van der Waals surface area contributed by atoms with Crippen LogP contribution >= 0.6 is 44.5 Å². The van der Waals surface area contributed by atoms with E-state index in [4.69, 9.17) is 0 Å². The van der Waals surface area contributed by atoms with Crippen LogP contribution in [0.5, 0.6) is 0 Å². The van der Waals surface area contributed by atoms with Crippen molar-refractivity contribution >= 4 is 44.5 Å². The van der Waals surface area contributed by atoms with Gasteiger partial charge in [-0.25, -0.2) is 0 Å². The summed E-state index contributed by atoms with van der Waals surface area (Å²) in [5.74, 6) is 0. The van der Waals surface area contributed by atoms with Gasteiger partial charge in [-0.15, -0.1) is 0 Å². The fourth-order valence-electron chi connectivity index (χ4n) is 1.34. The molecule has 0 aromatic carbocycles. The monoisotopic (exact) mass is 528 g/mol. The molecule has 0 N–H and O–H groups in total. The van der Waals surface area contributed by atoms with Crippen molar-refractivity contribution < 1.29 is 13.3 Å². The molecule has 0 unspecified atom stereocenters. The molecule has 0 rings (SSSR count). The molecule has 78 valence electrons. The Kier molecular flexibility index (Phi) is 16.6. The Morgan fingerprint density at radius 2 is 1.00 bits per heavy atom. The van der Waals surface area contributed by atoms with Gasteiger partial charge in [0.25, 0.3) is 0 Å². The first-order chi connectivity index (χ1) is 5.66. The normalized spacial score (nSPS) is 10.8. The Morgan fingerprint density at radius 3 is 1.00 bits per heavy atom. The molecular formula is C8H20I3P. The average Bonchev–Trinajstić information content (AvgIpc) is 2.11. The second kappa shape index (κ2) is 11.7. The van der Waals surface area contributed by atoms with E-state index >= 15 is 0 Å². The zero-order valence-corrected chi connectivity index (χ0v) is 15.8. The van der Waals surface area contributed by atoms with Crippen LogP contribution in [0.15, 0.2) is 0 Å². The van der Waals surface area contributed by atoms with E-state index < -0.39 is 7.26 Å². The standard InChI is InChI=1S/C8H20P.I3/c1-5-9(6-2,7-3)8-4;1-3-2/h5-8H2,1-4H3;/q+1;-1. The van der Waals surface area contributed by atoms with Crippen LogP contribution in [-0.2, 0) is 0 Å². The Bertz CT molecular complexity index is 66.9. The quantitative estimate of drug-likeness (QED) is 0.387. The molecule has 0 amide bonds. The fourth-order valence-corrected chi connectivity index (χ4v) is 4.02. The first-order valence-corrected chi connectivity index (χ1v) is 19.5. The summed E-state index contributed by atoms with van der Waals surface area (Å²) in [6.07, 6.45) is 5.82. The van der Waals surface area contributed by atoms with Crippen LogP contribution in [0.25, 0.3) is 0 Å². The van der Waals surface area contributed by atoms with Gasteiger partial charge in [-0.1, -0.05) is 0 Å². The molecule has 0 aliphatic rings. The first-order valence-electron chi connectivity index (χ1n) is 4.38. The van der Waals surface area contributed by atoms with Crippen LogP contribution < -0.4 is 13.3 Å². The molecular weight excluding hydrogens is 508 g/mol. The predicted molar refractivity (Wildman–Crippen MR) is 77.1 cm³/mol. The van der Waals surface area contributed by atoms with Gasteiger partial charge in [0.15, 0.2) is 0 Å². The van der Waals surface area contributed by atoms with E-state index in [0.29, 0.717) is 13.3 Å². The van der Waals surface area contributed by atoms with Gasteiger partial charge in [0.1, 0.15) is 0 Å². The van der Waals surface area contributed by atoms with Crippen LogP contribution in [0.1, 0.15) is 27.7 Å². The summed E-state index contributed by atoms with van der Waals surface area (Å²) < 4.78 is 0. The zero-order chi connectivity index (χ0) is 10.0. The van der Waals surface area contributed by atoms with Crippen LogP contribution in [-0.4, -0.2) is 24.6 Å². The van der Waals surface area contributed by atoms with Crippen molar-refractivity contribution in [3.63, 3.8) is 0 Å². The van der Waals surface area contributed by atoms with Gasteiger partial charge in [0.2, 0.25) is 0 Å². The molecule has 12 heavy (non-hydrogen) atoms. The van der Waals surface area contributed by atoms with E-state index in [9.17, 15) is 0 Å². The molecule has 0 heterocycles. The van der Waals surface area contributed by atoms with Crippen LogP contribution in [0, 0.1) is 0 Å². The van der Waals surface area contributed by atoms with Crippen molar-refractivity contribution in [2.24, 2.45) is 0 Å². The second-order valence-corrected chi connectivity index (χ2v) is 24.1. The molecule has 0 aromatic heterocycles. The topological polar surface area (TPSA) is 0 Å². The summed E-state index contributed by atoms with van der Waals surface area (Å²) in [4.78, 5) is 0. The van der Waals surface area contributed by atoms with E-state index in [0.717, 1.165) is 0 Å². The molecule has 0 bridgehead atoms. The Morgan fingerprint density at radius 1 is 0.833 bits per heavy atom. The summed E-state index contributed by atoms with van der Waals surface area (Å²) >= 11 is 5.30. The molecule has 0 saturated heterocycles. The van der Waals surface area contributed by atoms with Crippen molar-refractivity contribution in [2.45, 2.75) is 27.7 Å². The van der Waals surface area contributed by atoms with Crippen molar-refractivity contribution in [3.05, 3.63) is 0 Å². The number of hydrogen-bond acceptors (Lipinski definition) is 0. The molecule has 0 radical (unpaired) electrons. The Labute approximate surface area is 108 Å². The van der Waals surface area contributed by atoms with E-state index in [-0.39, 0.29) is 0 Å². The van der Waals surface area contributed by atoms with Crippen molar-refractivity contribution in [1.82, 2.24) is 0 Å². The summed E-state index contributed by atoms with van der Waals surface area (Å²) in [6.45, 7) is 9.41. The molecule has 4 heteroatoms. The third-order valence-electron chi connectivity index (χ3n) is 2.68. The van der Waals surface area contributed by atoms with Gasteiger partial charge in [-0.05, 0) is 27.7 Å². The Balaban J connectivity index is 0. The van der Waals surface area contributed by atoms with Gasteiger partial charge in [0.05, 0.1) is 24.6 Å². The van der Waals surface area contributed by atoms with Gasteiger partial charge >= 0.3 is 50.5 Å². The first kappa shape index (κ1) is 17.0. The van der Waals surface area contributed by atoms with Crippen LogP contribution in [0.3, 0.4) is 0 Å². The van der Waals surface area contributed by atoms with E-state index in [1.165, 1.54) is 24.6 Å². The second-order valence-electron chi connectivity index (χ2n) is 2.66. The predicted octanol–water partition coefficient (Wildman–Crippen LogP) is 1.86. The summed E-state index contributed by atoms with van der Waals surface area (Å²) in [6, 6.07) is 0. The minimum atomic E-state index is -0.420. The molecule has 0 spiro atoms. The average molecular weight is 528 g/mol. The molecule has 0 fully saturated rings. The third kappa shape index (κ3) is 7.97. The number of rotatable bonds is 4. The van der Waals surface area contributed by atoms with Crippen molar-refractivity contribution in [1.29, 1.82) is 0 Å². The third-order valence-corrected chi connectivity index (χ3v) is 8.05. The number of halogens is 3. The maximum atomic E-state index is 2.39. The number of hydrogen-bond donors (Lipinski definition) is 0. The van der Waals surface area contributed by atoms with Crippen molar-refractivity contribution in [3.8, 4) is 0 Å². The SMILES string of the molecule is CC[P+](CC)(CC)CC.I[I-]I. The Hall–Kier alpha value is 2.62. The summed E-state index contributed by atoms with van der Waals surface area (Å²) in [5, 5.41) is 0. The van der Waals surface area contributed by atoms with Gasteiger partial charge in [-0.3, -0.25) is 0 Å². The molecule has 0 aromatic rings. The molecule has 0 aliphatic carbocycles. The maximum absolute atomic E-state index is 2.39. The molecule has 0 nitrogen and oxygen atoms in total. The van der Waals surface area contributed by atoms with Gasteiger partial charge in [0, 0.05) is 7.26 Å². The molecule has 0 atom stereocenters. The summed E-state index contributed by atoms with van der Waals surface area (Å²) in [7, 11) is -0.420. The van der Waals surface area contributed by atoms with Crippen LogP contribution in [0.4, 0.5) is 0 Å². The minimum absolute atomic E-state index is 0.420. The van der Waals surface area contributed by atoms with Gasteiger partial charge in [-0.2, -0.15) is 0 Å². The summed E-state index contributed by atoms with van der Waals surface area (Å²) in [5.41, 5.74) is 0. The van der Waals surface area contributed by atoms with Gasteiger partial charge < -0.3 is 0 Å². The fraction of sp³-hybridized carbons (Fsp3) is 1.00. The van der Waals surface area contributed by atoms with E-state index in [1.807, 2.05) is 0 Å².